The first-order valence-electron chi connectivity index (χ1n) is 6.46. The van der Waals surface area contributed by atoms with Crippen molar-refractivity contribution in [2.75, 3.05) is 17.2 Å². The number of nitrogens with one attached hydrogen (secondary N) is 3. The summed E-state index contributed by atoms with van der Waals surface area (Å²) in [7, 11) is 0. The van der Waals surface area contributed by atoms with E-state index in [1.807, 2.05) is 6.92 Å². The quantitative estimate of drug-likeness (QED) is 0.731. The number of nitrogens with zero attached hydrogens (tertiary/aromatic N) is 3. The lowest BCUT2D eigenvalue weighted by Crippen LogP contribution is -2.17. The number of hydrogen-bond acceptors (Lipinski definition) is 5. The average molecular weight is 248 g/mol. The molecule has 0 aliphatic heterocycles. The van der Waals surface area contributed by atoms with Gasteiger partial charge in [-0.3, -0.25) is 0 Å². The van der Waals surface area contributed by atoms with Gasteiger partial charge in [-0.2, -0.15) is 9.97 Å². The smallest absolute Gasteiger partial charge is 0.226 e. The molecule has 3 N–H and O–H groups in total. The summed E-state index contributed by atoms with van der Waals surface area (Å²) in [6.45, 7) is 7.14. The normalized spacial score (nSPS) is 12.6. The van der Waals surface area contributed by atoms with Crippen LogP contribution in [-0.2, 0) is 0 Å². The maximum absolute atomic E-state index is 4.48. The molecule has 0 saturated carbocycles. The minimum Gasteiger partial charge on any atom is -0.366 e. The third kappa shape index (κ3) is 2.69. The lowest BCUT2D eigenvalue weighted by Gasteiger charge is -2.14. The third-order valence-electron chi connectivity index (χ3n) is 2.73. The van der Waals surface area contributed by atoms with Gasteiger partial charge in [-0.25, -0.2) is 4.98 Å². The van der Waals surface area contributed by atoms with Gasteiger partial charge in [0.25, 0.3) is 0 Å². The number of aromatic nitrogens is 4. The fourth-order valence-electron chi connectivity index (χ4n) is 1.91. The highest BCUT2D eigenvalue weighted by atomic mass is 15.2. The number of imidazole rings is 1. The highest BCUT2D eigenvalue weighted by Crippen LogP contribution is 2.19. The molecular weight excluding hydrogens is 228 g/mol. The number of hydrogen-bond donors (Lipinski definition) is 3. The Bertz CT molecular complexity index is 506. The number of anilines is 2. The van der Waals surface area contributed by atoms with Crippen molar-refractivity contribution in [1.29, 1.82) is 0 Å². The number of aromatic amines is 1. The van der Waals surface area contributed by atoms with Crippen molar-refractivity contribution >= 4 is 22.9 Å². The van der Waals surface area contributed by atoms with Gasteiger partial charge in [0, 0.05) is 12.6 Å². The van der Waals surface area contributed by atoms with Crippen molar-refractivity contribution < 1.29 is 0 Å². The minimum absolute atomic E-state index is 0.380. The van der Waals surface area contributed by atoms with Crippen LogP contribution in [0.25, 0.3) is 11.2 Å². The molecule has 98 valence electrons. The molecular formula is C12H20N6. The van der Waals surface area contributed by atoms with Gasteiger partial charge >= 0.3 is 0 Å². The molecule has 0 aliphatic carbocycles. The van der Waals surface area contributed by atoms with Gasteiger partial charge in [-0.15, -0.1) is 0 Å². The number of H-pyrrole nitrogens is 1. The molecule has 0 spiro atoms. The summed E-state index contributed by atoms with van der Waals surface area (Å²) < 4.78 is 0. The molecule has 1 unspecified atom stereocenters. The second-order valence-corrected chi connectivity index (χ2v) is 4.36. The SMILES string of the molecule is CCCC(C)Nc1nc(NCC)nc2nc[nH]c12. The van der Waals surface area contributed by atoms with E-state index in [1.165, 1.54) is 0 Å². The Morgan fingerprint density at radius 1 is 1.33 bits per heavy atom. The predicted octanol–water partition coefficient (Wildman–Crippen LogP) is 2.39. The zero-order valence-electron chi connectivity index (χ0n) is 11.1. The van der Waals surface area contributed by atoms with Gasteiger partial charge in [-0.05, 0) is 20.3 Å². The topological polar surface area (TPSA) is 78.5 Å². The minimum atomic E-state index is 0.380. The lowest BCUT2D eigenvalue weighted by atomic mass is 10.2. The van der Waals surface area contributed by atoms with Crippen LogP contribution in [0.4, 0.5) is 11.8 Å². The van der Waals surface area contributed by atoms with Gasteiger partial charge in [0.05, 0.1) is 6.33 Å². The first kappa shape index (κ1) is 12.6. The standard InChI is InChI=1S/C12H20N6/c1-4-6-8(3)16-11-9-10(15-7-14-9)17-12(18-11)13-5-2/h7-8H,4-6H2,1-3H3,(H3,13,14,15,16,17,18). The first-order chi connectivity index (χ1) is 8.74. The first-order valence-corrected chi connectivity index (χ1v) is 6.46. The Balaban J connectivity index is 2.31. The van der Waals surface area contributed by atoms with E-state index in [9.17, 15) is 0 Å². The Hall–Kier alpha value is -1.85. The van der Waals surface area contributed by atoms with Crippen molar-refractivity contribution in [1.82, 2.24) is 19.9 Å². The van der Waals surface area contributed by atoms with Crippen LogP contribution in [0.3, 0.4) is 0 Å². The zero-order valence-corrected chi connectivity index (χ0v) is 11.1. The molecule has 0 bridgehead atoms. The monoisotopic (exact) mass is 248 g/mol. The molecule has 0 fully saturated rings. The zero-order chi connectivity index (χ0) is 13.0. The highest BCUT2D eigenvalue weighted by Gasteiger charge is 2.11. The van der Waals surface area contributed by atoms with Crippen LogP contribution in [0, 0.1) is 0 Å². The van der Waals surface area contributed by atoms with Crippen LogP contribution in [0.1, 0.15) is 33.6 Å². The summed E-state index contributed by atoms with van der Waals surface area (Å²) >= 11 is 0. The van der Waals surface area contributed by atoms with Gasteiger partial charge in [0.1, 0.15) is 5.52 Å². The summed E-state index contributed by atoms with van der Waals surface area (Å²) in [4.78, 5) is 16.1. The van der Waals surface area contributed by atoms with Crippen molar-refractivity contribution in [2.24, 2.45) is 0 Å². The van der Waals surface area contributed by atoms with Crippen LogP contribution in [0.2, 0.25) is 0 Å². The molecule has 0 radical (unpaired) electrons. The second kappa shape index (κ2) is 5.66. The van der Waals surface area contributed by atoms with E-state index >= 15 is 0 Å². The molecule has 6 nitrogen and oxygen atoms in total. The Kier molecular flexibility index (Phi) is 3.96. The highest BCUT2D eigenvalue weighted by molar-refractivity contribution is 5.83. The van der Waals surface area contributed by atoms with Crippen molar-refractivity contribution in [3.05, 3.63) is 6.33 Å². The van der Waals surface area contributed by atoms with Crippen LogP contribution in [0.5, 0.6) is 0 Å². The second-order valence-electron chi connectivity index (χ2n) is 4.36. The third-order valence-corrected chi connectivity index (χ3v) is 2.73. The number of fused-ring (bicyclic) bond motifs is 1. The number of rotatable bonds is 6. The van der Waals surface area contributed by atoms with Crippen molar-refractivity contribution in [2.45, 2.75) is 39.7 Å². The Morgan fingerprint density at radius 3 is 2.89 bits per heavy atom. The van der Waals surface area contributed by atoms with Crippen LogP contribution >= 0.6 is 0 Å². The largest absolute Gasteiger partial charge is 0.366 e. The van der Waals surface area contributed by atoms with Crippen LogP contribution in [-0.4, -0.2) is 32.5 Å². The fraction of sp³-hybridized carbons (Fsp3) is 0.583. The fourth-order valence-corrected chi connectivity index (χ4v) is 1.91. The summed E-state index contributed by atoms with van der Waals surface area (Å²) in [6, 6.07) is 0.380. The van der Waals surface area contributed by atoms with Gasteiger partial charge < -0.3 is 15.6 Å². The summed E-state index contributed by atoms with van der Waals surface area (Å²) in [6.07, 6.45) is 3.90. The van der Waals surface area contributed by atoms with E-state index < -0.39 is 0 Å². The van der Waals surface area contributed by atoms with Crippen molar-refractivity contribution in [3.8, 4) is 0 Å². The molecule has 0 aliphatic rings. The lowest BCUT2D eigenvalue weighted by molar-refractivity contribution is 0.688. The summed E-state index contributed by atoms with van der Waals surface area (Å²) in [5.74, 6) is 1.43. The molecule has 2 heterocycles. The Labute approximate surface area is 107 Å². The van der Waals surface area contributed by atoms with Crippen molar-refractivity contribution in [3.63, 3.8) is 0 Å². The molecule has 0 amide bonds. The van der Waals surface area contributed by atoms with Gasteiger partial charge in [0.2, 0.25) is 5.95 Å². The maximum atomic E-state index is 4.48. The predicted molar refractivity (Wildman–Crippen MR) is 73.8 cm³/mol. The molecule has 1 atom stereocenters. The molecule has 18 heavy (non-hydrogen) atoms. The summed E-state index contributed by atoms with van der Waals surface area (Å²) in [5.41, 5.74) is 1.55. The molecule has 0 aromatic carbocycles. The van der Waals surface area contributed by atoms with Gasteiger partial charge in [0.15, 0.2) is 11.5 Å². The molecule has 2 rings (SSSR count). The molecule has 0 saturated heterocycles. The Morgan fingerprint density at radius 2 is 2.17 bits per heavy atom. The average Bonchev–Trinajstić information content (AvgIpc) is 2.78. The van der Waals surface area contributed by atoms with E-state index in [2.05, 4.69) is 44.4 Å². The van der Waals surface area contributed by atoms with E-state index in [0.29, 0.717) is 17.6 Å². The van der Waals surface area contributed by atoms with E-state index in [4.69, 9.17) is 0 Å². The van der Waals surface area contributed by atoms with Crippen LogP contribution < -0.4 is 10.6 Å². The molecule has 6 heteroatoms. The van der Waals surface area contributed by atoms with Crippen LogP contribution in [0.15, 0.2) is 6.33 Å². The molecule has 2 aromatic heterocycles. The summed E-state index contributed by atoms with van der Waals surface area (Å²) in [5, 5.41) is 6.53. The van der Waals surface area contributed by atoms with Gasteiger partial charge in [-0.1, -0.05) is 13.3 Å². The van der Waals surface area contributed by atoms with E-state index in [-0.39, 0.29) is 0 Å². The maximum Gasteiger partial charge on any atom is 0.226 e. The van der Waals surface area contributed by atoms with E-state index in [1.54, 1.807) is 6.33 Å². The van der Waals surface area contributed by atoms with E-state index in [0.717, 1.165) is 30.7 Å². The molecule has 2 aromatic rings.